The zero-order chi connectivity index (χ0) is 9.83. The second-order valence-electron chi connectivity index (χ2n) is 1.47. The largest absolute Gasteiger partial charge is 0.538 e. The average Bonchev–Trinajstić information content (AvgIpc) is 1.84. The monoisotopic (exact) mass is 358 g/mol. The van der Waals surface area contributed by atoms with Crippen LogP contribution in [-0.2, 0) is 22.5 Å². The summed E-state index contributed by atoms with van der Waals surface area (Å²) in [5.41, 5.74) is 0. The van der Waals surface area contributed by atoms with E-state index in [0.717, 1.165) is 7.11 Å². The van der Waals surface area contributed by atoms with E-state index < -0.39 is 15.6 Å². The maximum atomic E-state index is 11.0. The van der Waals surface area contributed by atoms with Gasteiger partial charge in [0.25, 0.3) is 0 Å². The normalized spacial score (nSPS) is 15.3. The smallest absolute Gasteiger partial charge is 0.412 e. The van der Waals surface area contributed by atoms with Crippen molar-refractivity contribution in [1.82, 2.24) is 0 Å². The predicted molar refractivity (Wildman–Crippen MR) is 39.0 cm³/mol. The zero-order valence-corrected chi connectivity index (χ0v) is 11.5. The van der Waals surface area contributed by atoms with E-state index in [1.807, 2.05) is 0 Å². The van der Waals surface area contributed by atoms with Crippen molar-refractivity contribution in [3.63, 3.8) is 0 Å². The molecule has 0 saturated heterocycles. The fourth-order valence-corrected chi connectivity index (χ4v) is 2.05. The van der Waals surface area contributed by atoms with Crippen molar-refractivity contribution in [3.05, 3.63) is 12.8 Å². The van der Waals surface area contributed by atoms with Crippen molar-refractivity contribution in [1.29, 1.82) is 0 Å². The van der Waals surface area contributed by atoms with Gasteiger partial charge >= 0.3 is 15.6 Å². The van der Waals surface area contributed by atoms with Gasteiger partial charge < -0.3 is 14.3 Å². The van der Waals surface area contributed by atoms with Crippen LogP contribution in [0.3, 0.4) is 0 Å². The van der Waals surface area contributed by atoms with E-state index >= 15 is 0 Å². The number of phosphoric acid groups is 2. The summed E-state index contributed by atoms with van der Waals surface area (Å²) < 4.78 is 33.1. The van der Waals surface area contributed by atoms with Gasteiger partial charge in [0.15, 0.2) is 0 Å². The summed E-state index contributed by atoms with van der Waals surface area (Å²) in [5.74, 6) is 0. The van der Waals surface area contributed by atoms with Crippen LogP contribution in [0, 0.1) is 41.7 Å². The third-order valence-corrected chi connectivity index (χ3v) is 3.14. The Bertz CT molecular complexity index is 246. The summed E-state index contributed by atoms with van der Waals surface area (Å²) in [4.78, 5) is 16.5. The minimum atomic E-state index is -4.89. The van der Waals surface area contributed by atoms with E-state index in [9.17, 15) is 9.13 Å². The van der Waals surface area contributed by atoms with Crippen LogP contribution >= 0.6 is 15.6 Å². The molecule has 0 radical (unpaired) electrons. The fourth-order valence-electron chi connectivity index (χ4n) is 0.317. The Morgan fingerprint density at radius 1 is 1.38 bits per heavy atom. The molecule has 0 aliphatic rings. The molecule has 7 nitrogen and oxygen atoms in total. The minimum Gasteiger partial charge on any atom is -0.412 e. The molecule has 0 amide bonds. The number of hydrogen-bond donors (Lipinski definition) is 2. The van der Waals surface area contributed by atoms with Crippen LogP contribution in [0.4, 0.5) is 0 Å². The Hall–Kier alpha value is 1.22. The van der Waals surface area contributed by atoms with Gasteiger partial charge in [0.1, 0.15) is 0 Å². The quantitative estimate of drug-likeness (QED) is 0.559. The molecule has 10 heteroatoms. The summed E-state index contributed by atoms with van der Waals surface area (Å²) in [5, 5.41) is 0. The molecule has 0 aromatic carbocycles. The fraction of sp³-hybridized carbons (Fsp3) is 0.333. The van der Waals surface area contributed by atoms with Crippen molar-refractivity contribution >= 4 is 15.6 Å². The molecule has 0 saturated carbocycles. The van der Waals surface area contributed by atoms with Crippen LogP contribution in [0.1, 0.15) is 0 Å². The standard InChI is InChI=1S/C3H8O7P2.Ce/c1-3-9-12(7,8-2)10-11(4,5)6;/h3H,1H2,2H3,(H2,4,5,6);. The number of hydrogen-bond acceptors (Lipinski definition) is 5. The van der Waals surface area contributed by atoms with Crippen LogP contribution in [0.25, 0.3) is 0 Å². The topological polar surface area (TPSA) is 102 Å². The molecule has 0 aliphatic heterocycles. The SMILES string of the molecule is C=COP(=O)(OC)OP(=O)(O)O.[Ce]. The first-order chi connectivity index (χ1) is 5.33. The first kappa shape index (κ1) is 16.6. The molecule has 0 rings (SSSR count). The number of phosphoric ester groups is 1. The van der Waals surface area contributed by atoms with Gasteiger partial charge in [-0.2, -0.15) is 4.31 Å². The number of rotatable bonds is 5. The molecule has 76 valence electrons. The molecule has 0 fully saturated rings. The summed E-state index contributed by atoms with van der Waals surface area (Å²) in [6, 6.07) is 0. The van der Waals surface area contributed by atoms with Crippen molar-refractivity contribution < 1.29 is 74.0 Å². The Kier molecular flexibility index (Phi) is 8.52. The molecule has 0 aromatic heterocycles. The Morgan fingerprint density at radius 3 is 2.08 bits per heavy atom. The molecular formula is C3H8CeO7P2. The van der Waals surface area contributed by atoms with E-state index in [2.05, 4.69) is 19.9 Å². The van der Waals surface area contributed by atoms with Crippen LogP contribution in [0.2, 0.25) is 0 Å². The van der Waals surface area contributed by atoms with Crippen molar-refractivity contribution in [2.24, 2.45) is 0 Å². The van der Waals surface area contributed by atoms with Crippen LogP contribution in [-0.4, -0.2) is 16.9 Å². The van der Waals surface area contributed by atoms with Crippen LogP contribution in [0.5, 0.6) is 0 Å². The molecule has 0 heterocycles. The van der Waals surface area contributed by atoms with E-state index in [1.54, 1.807) is 0 Å². The van der Waals surface area contributed by atoms with Crippen LogP contribution < -0.4 is 0 Å². The van der Waals surface area contributed by atoms with E-state index in [0.29, 0.717) is 6.26 Å². The molecule has 0 aliphatic carbocycles. The summed E-state index contributed by atoms with van der Waals surface area (Å²) in [6.07, 6.45) is 0.694. The van der Waals surface area contributed by atoms with Gasteiger partial charge in [-0.05, 0) is 0 Å². The van der Waals surface area contributed by atoms with Gasteiger partial charge in [-0.1, -0.05) is 6.58 Å². The van der Waals surface area contributed by atoms with Crippen molar-refractivity contribution in [3.8, 4) is 0 Å². The Morgan fingerprint density at radius 2 is 1.85 bits per heavy atom. The molecule has 0 spiro atoms. The molecule has 13 heavy (non-hydrogen) atoms. The van der Waals surface area contributed by atoms with E-state index in [1.165, 1.54) is 0 Å². The van der Waals surface area contributed by atoms with Gasteiger partial charge in [-0.25, -0.2) is 9.13 Å². The third-order valence-electron chi connectivity index (χ3n) is 0.634. The molecule has 1 atom stereocenters. The van der Waals surface area contributed by atoms with Gasteiger partial charge in [0.05, 0.1) is 6.26 Å². The van der Waals surface area contributed by atoms with Gasteiger partial charge in [-0.15, -0.1) is 0 Å². The van der Waals surface area contributed by atoms with E-state index in [4.69, 9.17) is 9.79 Å². The second kappa shape index (κ2) is 6.65. The van der Waals surface area contributed by atoms with E-state index in [-0.39, 0.29) is 41.7 Å². The molecular weight excluding hydrogens is 350 g/mol. The Labute approximate surface area is 109 Å². The molecule has 0 bridgehead atoms. The maximum Gasteiger partial charge on any atom is 0.538 e. The zero-order valence-electron chi connectivity index (χ0n) is 6.61. The first-order valence-corrected chi connectivity index (χ1v) is 5.54. The third kappa shape index (κ3) is 8.23. The average molecular weight is 358 g/mol. The van der Waals surface area contributed by atoms with Gasteiger partial charge in [0, 0.05) is 48.9 Å². The summed E-state index contributed by atoms with van der Waals surface area (Å²) >= 11 is 0. The second-order valence-corrected chi connectivity index (χ2v) is 4.58. The van der Waals surface area contributed by atoms with Crippen molar-refractivity contribution in [2.75, 3.05) is 7.11 Å². The van der Waals surface area contributed by atoms with Gasteiger partial charge in [0.2, 0.25) is 0 Å². The van der Waals surface area contributed by atoms with Crippen molar-refractivity contribution in [2.45, 2.75) is 0 Å². The maximum absolute atomic E-state index is 11.0. The molecule has 1 unspecified atom stereocenters. The van der Waals surface area contributed by atoms with Crippen LogP contribution in [0.15, 0.2) is 12.8 Å². The minimum absolute atomic E-state index is 0. The molecule has 0 aromatic rings. The first-order valence-electron chi connectivity index (χ1n) is 2.55. The summed E-state index contributed by atoms with van der Waals surface area (Å²) in [6.45, 7) is 3.02. The van der Waals surface area contributed by atoms with Gasteiger partial charge in [-0.3, -0.25) is 4.52 Å². The summed E-state index contributed by atoms with van der Waals surface area (Å²) in [7, 11) is -8.18. The Balaban J connectivity index is 0. The molecule has 2 N–H and O–H groups in total. The predicted octanol–water partition coefficient (Wildman–Crippen LogP) is 1.01.